The highest BCUT2D eigenvalue weighted by atomic mass is 19.1. The van der Waals surface area contributed by atoms with Crippen LogP contribution in [0, 0.1) is 0 Å². The van der Waals surface area contributed by atoms with E-state index < -0.39 is 5.83 Å². The fourth-order valence-corrected chi connectivity index (χ4v) is 0.551. The molecule has 0 aromatic heterocycles. The van der Waals surface area contributed by atoms with E-state index in [9.17, 15) is 9.18 Å². The summed E-state index contributed by atoms with van der Waals surface area (Å²) >= 11 is 0. The third-order valence-electron chi connectivity index (χ3n) is 0.960. The van der Waals surface area contributed by atoms with Gasteiger partial charge in [0.2, 0.25) is 0 Å². The molecule has 0 saturated carbocycles. The number of carbonyl (C=O) groups is 1. The zero-order valence-electron chi connectivity index (χ0n) is 5.57. The van der Waals surface area contributed by atoms with E-state index in [2.05, 4.69) is 6.58 Å². The number of ketones is 1. The van der Waals surface area contributed by atoms with Crippen LogP contribution in [-0.4, -0.2) is 5.78 Å². The van der Waals surface area contributed by atoms with E-state index in [0.717, 1.165) is 0 Å². The lowest BCUT2D eigenvalue weighted by molar-refractivity contribution is -0.113. The summed E-state index contributed by atoms with van der Waals surface area (Å²) < 4.78 is 12.1. The summed E-state index contributed by atoms with van der Waals surface area (Å²) in [5.41, 5.74) is 0.0648. The highest BCUT2D eigenvalue weighted by Gasteiger charge is 2.04. The second-order valence-corrected chi connectivity index (χ2v) is 1.66. The molecule has 0 aliphatic carbocycles. The molecule has 0 aliphatic heterocycles. The second-order valence-electron chi connectivity index (χ2n) is 1.66. The van der Waals surface area contributed by atoms with Crippen LogP contribution in [0.1, 0.15) is 13.8 Å². The van der Waals surface area contributed by atoms with Gasteiger partial charge in [0.25, 0.3) is 0 Å². The van der Waals surface area contributed by atoms with Gasteiger partial charge in [-0.25, -0.2) is 4.39 Å². The van der Waals surface area contributed by atoms with Gasteiger partial charge in [0, 0.05) is 5.57 Å². The van der Waals surface area contributed by atoms with Crippen molar-refractivity contribution < 1.29 is 9.18 Å². The summed E-state index contributed by atoms with van der Waals surface area (Å²) in [6.45, 7) is 5.90. The van der Waals surface area contributed by atoms with E-state index in [0.29, 0.717) is 0 Å². The van der Waals surface area contributed by atoms with E-state index in [1.54, 1.807) is 6.92 Å². The lowest BCUT2D eigenvalue weighted by atomic mass is 10.2. The Hall–Kier alpha value is -0.920. The molecular formula is C7H9FO. The van der Waals surface area contributed by atoms with Gasteiger partial charge in [-0.2, -0.15) is 0 Å². The van der Waals surface area contributed by atoms with E-state index in [-0.39, 0.29) is 11.4 Å². The highest BCUT2D eigenvalue weighted by molar-refractivity contribution is 5.96. The van der Waals surface area contributed by atoms with Crippen LogP contribution in [0.3, 0.4) is 0 Å². The van der Waals surface area contributed by atoms with Crippen LogP contribution in [0.4, 0.5) is 4.39 Å². The molecule has 0 unspecified atom stereocenters. The number of Topliss-reactive ketones (excluding diaryl/α,β-unsaturated/α-hetero) is 1. The lowest BCUT2D eigenvalue weighted by Crippen LogP contribution is -1.94. The zero-order chi connectivity index (χ0) is 7.44. The van der Waals surface area contributed by atoms with Crippen LogP contribution in [0.2, 0.25) is 0 Å². The first-order valence-corrected chi connectivity index (χ1v) is 2.61. The molecule has 0 fully saturated rings. The average Bonchev–Trinajstić information content (AvgIpc) is 1.64. The average molecular weight is 128 g/mol. The van der Waals surface area contributed by atoms with Gasteiger partial charge >= 0.3 is 0 Å². The van der Waals surface area contributed by atoms with Crippen LogP contribution < -0.4 is 0 Å². The number of hydrogen-bond acceptors (Lipinski definition) is 1. The first-order valence-electron chi connectivity index (χ1n) is 2.61. The van der Waals surface area contributed by atoms with Gasteiger partial charge in [0.15, 0.2) is 5.78 Å². The van der Waals surface area contributed by atoms with E-state index in [4.69, 9.17) is 0 Å². The molecule has 0 amide bonds. The Balaban J connectivity index is 4.38. The Kier molecular flexibility index (Phi) is 2.85. The van der Waals surface area contributed by atoms with Gasteiger partial charge in [-0.05, 0) is 13.8 Å². The van der Waals surface area contributed by atoms with Crippen molar-refractivity contribution in [2.45, 2.75) is 13.8 Å². The molecule has 0 aromatic rings. The molecule has 0 radical (unpaired) electrons. The normalized spacial score (nSPS) is 11.2. The maximum absolute atomic E-state index is 12.1. The number of halogens is 1. The topological polar surface area (TPSA) is 17.1 Å². The minimum absolute atomic E-state index is 0.0648. The zero-order valence-corrected chi connectivity index (χ0v) is 5.57. The fourth-order valence-electron chi connectivity index (χ4n) is 0.551. The number of rotatable bonds is 2. The Labute approximate surface area is 53.9 Å². The molecule has 0 saturated heterocycles. The van der Waals surface area contributed by atoms with Crippen molar-refractivity contribution in [2.75, 3.05) is 0 Å². The SMILES string of the molecule is C=C(F)C(=CC)C(C)=O. The molecule has 0 atom stereocenters. The summed E-state index contributed by atoms with van der Waals surface area (Å²) in [5.74, 6) is -0.949. The van der Waals surface area contributed by atoms with Crippen LogP contribution in [0.15, 0.2) is 24.1 Å². The molecule has 0 aromatic carbocycles. The number of allylic oxidation sites excluding steroid dienone is 3. The summed E-state index contributed by atoms with van der Waals surface area (Å²) in [7, 11) is 0. The molecular weight excluding hydrogens is 119 g/mol. The van der Waals surface area contributed by atoms with Gasteiger partial charge in [-0.3, -0.25) is 4.79 Å². The third kappa shape index (κ3) is 2.22. The van der Waals surface area contributed by atoms with Crippen LogP contribution >= 0.6 is 0 Å². The van der Waals surface area contributed by atoms with Gasteiger partial charge in [-0.1, -0.05) is 12.7 Å². The molecule has 0 rings (SSSR count). The van der Waals surface area contributed by atoms with E-state index in [1.165, 1.54) is 13.0 Å². The predicted octanol–water partition coefficient (Wildman–Crippen LogP) is 2.00. The molecule has 0 N–H and O–H groups in total. The Morgan fingerprint density at radius 3 is 2.11 bits per heavy atom. The monoisotopic (exact) mass is 128 g/mol. The van der Waals surface area contributed by atoms with Crippen molar-refractivity contribution in [3.8, 4) is 0 Å². The number of carbonyl (C=O) groups excluding carboxylic acids is 1. The minimum atomic E-state index is -0.662. The van der Waals surface area contributed by atoms with Gasteiger partial charge in [0.05, 0.1) is 0 Å². The van der Waals surface area contributed by atoms with Crippen molar-refractivity contribution in [1.82, 2.24) is 0 Å². The summed E-state index contributed by atoms with van der Waals surface area (Å²) in [6, 6.07) is 0. The molecule has 0 spiro atoms. The smallest absolute Gasteiger partial charge is 0.162 e. The van der Waals surface area contributed by atoms with E-state index in [1.807, 2.05) is 0 Å². The first kappa shape index (κ1) is 8.08. The molecule has 1 nitrogen and oxygen atoms in total. The minimum Gasteiger partial charge on any atom is -0.294 e. The Morgan fingerprint density at radius 2 is 2.11 bits per heavy atom. The second kappa shape index (κ2) is 3.17. The molecule has 9 heavy (non-hydrogen) atoms. The van der Waals surface area contributed by atoms with Crippen molar-refractivity contribution in [2.24, 2.45) is 0 Å². The molecule has 0 aliphatic rings. The van der Waals surface area contributed by atoms with Crippen molar-refractivity contribution >= 4 is 5.78 Å². The third-order valence-corrected chi connectivity index (χ3v) is 0.960. The standard InChI is InChI=1S/C7H9FO/c1-4-7(5(2)8)6(3)9/h4H,2H2,1,3H3. The molecule has 2 heteroatoms. The van der Waals surface area contributed by atoms with Crippen LogP contribution in [-0.2, 0) is 4.79 Å². The van der Waals surface area contributed by atoms with Crippen molar-refractivity contribution in [3.05, 3.63) is 24.1 Å². The maximum atomic E-state index is 12.1. The quantitative estimate of drug-likeness (QED) is 0.410. The highest BCUT2D eigenvalue weighted by Crippen LogP contribution is 2.08. The molecule has 0 heterocycles. The van der Waals surface area contributed by atoms with Crippen LogP contribution in [0.5, 0.6) is 0 Å². The van der Waals surface area contributed by atoms with Crippen LogP contribution in [0.25, 0.3) is 0 Å². The summed E-state index contributed by atoms with van der Waals surface area (Å²) in [6.07, 6.45) is 1.41. The lowest BCUT2D eigenvalue weighted by Gasteiger charge is -1.93. The van der Waals surface area contributed by atoms with Gasteiger partial charge in [-0.15, -0.1) is 0 Å². The summed E-state index contributed by atoms with van der Waals surface area (Å²) in [5, 5.41) is 0. The Bertz CT molecular complexity index is 152. The van der Waals surface area contributed by atoms with Crippen molar-refractivity contribution in [1.29, 1.82) is 0 Å². The fraction of sp³-hybridized carbons (Fsp3) is 0.286. The molecule has 50 valence electrons. The van der Waals surface area contributed by atoms with Crippen molar-refractivity contribution in [3.63, 3.8) is 0 Å². The van der Waals surface area contributed by atoms with E-state index >= 15 is 0 Å². The van der Waals surface area contributed by atoms with Gasteiger partial charge < -0.3 is 0 Å². The predicted molar refractivity (Wildman–Crippen MR) is 34.7 cm³/mol. The maximum Gasteiger partial charge on any atom is 0.162 e. The van der Waals surface area contributed by atoms with Gasteiger partial charge in [0.1, 0.15) is 5.83 Å². The number of hydrogen-bond donors (Lipinski definition) is 0. The molecule has 0 bridgehead atoms. The first-order chi connectivity index (χ1) is 4.09. The Morgan fingerprint density at radius 1 is 1.67 bits per heavy atom. The summed E-state index contributed by atoms with van der Waals surface area (Å²) in [4.78, 5) is 10.4. The largest absolute Gasteiger partial charge is 0.294 e.